The van der Waals surface area contributed by atoms with Crippen LogP contribution in [-0.4, -0.2) is 61.1 Å². The van der Waals surface area contributed by atoms with Gasteiger partial charge >= 0.3 is 13.8 Å². The second-order valence-electron chi connectivity index (χ2n) is 3.01. The van der Waals surface area contributed by atoms with E-state index in [1.165, 1.54) is 0 Å². The molecule has 3 atom stereocenters. The standard InChI is InChI=1S/C6H13O9P/c7-3(1-4(8)6(10)11)5(9)2-15-16(12,13)14/h3-5,7-9H,1-2H2,(H,10,11)(H2,12,13,14)/t3-,4+,5+/m0/s1. The van der Waals surface area contributed by atoms with Crippen LogP contribution in [0.4, 0.5) is 0 Å². The molecule has 0 aliphatic heterocycles. The number of aliphatic hydroxyl groups excluding tert-OH is 3. The molecule has 16 heavy (non-hydrogen) atoms. The summed E-state index contributed by atoms with van der Waals surface area (Å²) in [6, 6.07) is 0. The molecule has 0 amide bonds. The van der Waals surface area contributed by atoms with Crippen molar-refractivity contribution in [3.8, 4) is 0 Å². The molecule has 0 aromatic rings. The lowest BCUT2D eigenvalue weighted by molar-refractivity contribution is -0.149. The maximum atomic E-state index is 10.2. The van der Waals surface area contributed by atoms with Crippen molar-refractivity contribution in [1.29, 1.82) is 0 Å². The first-order valence-electron chi connectivity index (χ1n) is 4.10. The Morgan fingerprint density at radius 1 is 1.19 bits per heavy atom. The molecule has 96 valence electrons. The van der Waals surface area contributed by atoms with Crippen LogP contribution in [0, 0.1) is 0 Å². The summed E-state index contributed by atoms with van der Waals surface area (Å²) in [5.41, 5.74) is 0. The smallest absolute Gasteiger partial charge is 0.469 e. The van der Waals surface area contributed by atoms with Crippen molar-refractivity contribution in [1.82, 2.24) is 0 Å². The Bertz CT molecular complexity index is 273. The molecule has 0 saturated carbocycles. The number of carbonyl (C=O) groups is 1. The van der Waals surface area contributed by atoms with E-state index >= 15 is 0 Å². The van der Waals surface area contributed by atoms with E-state index in [1.54, 1.807) is 0 Å². The third-order valence-electron chi connectivity index (χ3n) is 1.61. The summed E-state index contributed by atoms with van der Waals surface area (Å²) in [5.74, 6) is -1.58. The Morgan fingerprint density at radius 3 is 2.06 bits per heavy atom. The van der Waals surface area contributed by atoms with E-state index in [0.29, 0.717) is 0 Å². The Morgan fingerprint density at radius 2 is 1.69 bits per heavy atom. The van der Waals surface area contributed by atoms with E-state index in [9.17, 15) is 9.36 Å². The Balaban J connectivity index is 4.04. The lowest BCUT2D eigenvalue weighted by atomic mass is 10.1. The maximum absolute atomic E-state index is 10.2. The van der Waals surface area contributed by atoms with E-state index in [0.717, 1.165) is 0 Å². The van der Waals surface area contributed by atoms with Crippen LogP contribution in [-0.2, 0) is 13.9 Å². The molecular formula is C6H13O9P. The van der Waals surface area contributed by atoms with Crippen LogP contribution in [0.3, 0.4) is 0 Å². The molecule has 0 aliphatic rings. The third-order valence-corrected chi connectivity index (χ3v) is 2.09. The summed E-state index contributed by atoms with van der Waals surface area (Å²) in [6.07, 6.45) is -5.93. The van der Waals surface area contributed by atoms with Gasteiger partial charge in [0.1, 0.15) is 6.10 Å². The largest absolute Gasteiger partial charge is 0.479 e. The van der Waals surface area contributed by atoms with Crippen LogP contribution in [0.2, 0.25) is 0 Å². The zero-order valence-corrected chi connectivity index (χ0v) is 8.90. The minimum Gasteiger partial charge on any atom is -0.479 e. The van der Waals surface area contributed by atoms with Crippen molar-refractivity contribution in [3.05, 3.63) is 0 Å². The average molecular weight is 260 g/mol. The van der Waals surface area contributed by atoms with E-state index in [-0.39, 0.29) is 0 Å². The zero-order chi connectivity index (χ0) is 12.9. The molecule has 9 nitrogen and oxygen atoms in total. The highest BCUT2D eigenvalue weighted by atomic mass is 31.2. The van der Waals surface area contributed by atoms with Gasteiger partial charge in [-0.05, 0) is 0 Å². The molecule has 0 aliphatic carbocycles. The number of carboxylic acids is 1. The predicted molar refractivity (Wildman–Crippen MR) is 48.3 cm³/mol. The highest BCUT2D eigenvalue weighted by Crippen LogP contribution is 2.35. The monoisotopic (exact) mass is 260 g/mol. The molecule has 0 aromatic heterocycles. The van der Waals surface area contributed by atoms with Gasteiger partial charge in [0.2, 0.25) is 0 Å². The maximum Gasteiger partial charge on any atom is 0.469 e. The highest BCUT2D eigenvalue weighted by Gasteiger charge is 2.26. The fourth-order valence-corrected chi connectivity index (χ4v) is 1.12. The topological polar surface area (TPSA) is 165 Å². The molecule has 0 rings (SSSR count). The first-order valence-corrected chi connectivity index (χ1v) is 5.63. The summed E-state index contributed by atoms with van der Waals surface area (Å²) < 4.78 is 14.1. The van der Waals surface area contributed by atoms with Gasteiger partial charge in [0.25, 0.3) is 0 Å². The van der Waals surface area contributed by atoms with Gasteiger partial charge in [0.05, 0.1) is 12.7 Å². The van der Waals surface area contributed by atoms with Crippen molar-refractivity contribution >= 4 is 13.8 Å². The molecule has 0 radical (unpaired) electrons. The lowest BCUT2D eigenvalue weighted by Crippen LogP contribution is -2.35. The second kappa shape index (κ2) is 6.26. The number of aliphatic hydroxyl groups is 3. The van der Waals surface area contributed by atoms with Crippen molar-refractivity contribution in [2.24, 2.45) is 0 Å². The highest BCUT2D eigenvalue weighted by molar-refractivity contribution is 7.46. The summed E-state index contributed by atoms with van der Waals surface area (Å²) in [6.45, 7) is -0.877. The number of rotatable bonds is 7. The number of hydrogen-bond donors (Lipinski definition) is 6. The van der Waals surface area contributed by atoms with Crippen LogP contribution in [0.5, 0.6) is 0 Å². The van der Waals surface area contributed by atoms with Crippen molar-refractivity contribution in [2.45, 2.75) is 24.7 Å². The molecule has 0 aromatic carbocycles. The second-order valence-corrected chi connectivity index (χ2v) is 4.25. The number of hydrogen-bond acceptors (Lipinski definition) is 6. The minimum absolute atomic E-state index is 0.680. The predicted octanol–water partition coefficient (Wildman–Crippen LogP) is -2.35. The van der Waals surface area contributed by atoms with Gasteiger partial charge in [0.15, 0.2) is 6.10 Å². The Kier molecular flexibility index (Phi) is 6.05. The van der Waals surface area contributed by atoms with Gasteiger partial charge in [-0.15, -0.1) is 0 Å². The van der Waals surface area contributed by atoms with E-state index in [4.69, 9.17) is 30.2 Å². The molecule has 0 fully saturated rings. The van der Waals surface area contributed by atoms with E-state index in [1.807, 2.05) is 0 Å². The first-order chi connectivity index (χ1) is 7.13. The average Bonchev–Trinajstić information content (AvgIpc) is 2.12. The Labute approximate surface area is 90.2 Å². The first kappa shape index (κ1) is 15.5. The number of phosphoric ester groups is 1. The van der Waals surface area contributed by atoms with Crippen LogP contribution < -0.4 is 0 Å². The fourth-order valence-electron chi connectivity index (χ4n) is 0.771. The molecule has 0 bridgehead atoms. The van der Waals surface area contributed by atoms with Crippen molar-refractivity contribution in [2.75, 3.05) is 6.61 Å². The minimum atomic E-state index is -4.76. The van der Waals surface area contributed by atoms with Crippen molar-refractivity contribution < 1.29 is 44.1 Å². The van der Waals surface area contributed by atoms with Gasteiger partial charge in [-0.2, -0.15) is 0 Å². The number of aliphatic carboxylic acids is 1. The quantitative estimate of drug-likeness (QED) is 0.275. The summed E-state index contributed by atoms with van der Waals surface area (Å²) >= 11 is 0. The lowest BCUT2D eigenvalue weighted by Gasteiger charge is -2.18. The fraction of sp³-hybridized carbons (Fsp3) is 0.833. The van der Waals surface area contributed by atoms with Gasteiger partial charge in [0, 0.05) is 6.42 Å². The van der Waals surface area contributed by atoms with Crippen LogP contribution in [0.25, 0.3) is 0 Å². The SMILES string of the molecule is O=C(O)[C@H](O)C[C@H](O)[C@H](O)COP(=O)(O)O. The molecule has 0 spiro atoms. The summed E-state index contributed by atoms with van der Waals surface area (Å²) in [7, 11) is -4.76. The van der Waals surface area contributed by atoms with Crippen LogP contribution in [0.15, 0.2) is 0 Å². The number of phosphoric acid groups is 1. The zero-order valence-electron chi connectivity index (χ0n) is 8.00. The van der Waals surface area contributed by atoms with Gasteiger partial charge < -0.3 is 30.2 Å². The molecule has 10 heteroatoms. The molecule has 6 N–H and O–H groups in total. The summed E-state index contributed by atoms with van der Waals surface area (Å²) in [5, 5.41) is 35.3. The van der Waals surface area contributed by atoms with E-state index in [2.05, 4.69) is 4.52 Å². The van der Waals surface area contributed by atoms with E-state index < -0.39 is 45.1 Å². The molecule has 0 saturated heterocycles. The van der Waals surface area contributed by atoms with Gasteiger partial charge in [-0.1, -0.05) is 0 Å². The molecule has 0 heterocycles. The third kappa shape index (κ3) is 6.85. The Hall–Kier alpha value is -0.540. The van der Waals surface area contributed by atoms with Crippen molar-refractivity contribution in [3.63, 3.8) is 0 Å². The normalized spacial score (nSPS) is 17.8. The summed E-state index contributed by atoms with van der Waals surface area (Å²) in [4.78, 5) is 26.7. The number of carboxylic acid groups (broad SMARTS) is 1. The molecular weight excluding hydrogens is 247 g/mol. The molecule has 0 unspecified atom stereocenters. The van der Waals surface area contributed by atoms with Gasteiger partial charge in [-0.3, -0.25) is 4.52 Å². The van der Waals surface area contributed by atoms with Gasteiger partial charge in [-0.25, -0.2) is 9.36 Å². The van der Waals surface area contributed by atoms with Crippen LogP contribution in [0.1, 0.15) is 6.42 Å². The van der Waals surface area contributed by atoms with Crippen LogP contribution >= 0.6 is 7.82 Å².